The van der Waals surface area contributed by atoms with Crippen LogP contribution in [0.2, 0.25) is 0 Å². The van der Waals surface area contributed by atoms with E-state index in [0.29, 0.717) is 10.8 Å². The number of rotatable bonds is 1. The summed E-state index contributed by atoms with van der Waals surface area (Å²) in [6.45, 7) is 0. The van der Waals surface area contributed by atoms with Crippen molar-refractivity contribution in [2.45, 2.75) is 8.02 Å². The topological polar surface area (TPSA) is 47.0 Å². The molecule has 1 aromatic heterocycles. The molecule has 1 aromatic carbocycles. The van der Waals surface area contributed by atoms with E-state index in [1.807, 2.05) is 0 Å². The van der Waals surface area contributed by atoms with Gasteiger partial charge in [0, 0.05) is 23.2 Å². The van der Waals surface area contributed by atoms with Gasteiger partial charge in [0.15, 0.2) is 0 Å². The molecule has 0 saturated carbocycles. The van der Waals surface area contributed by atoms with Crippen LogP contribution in [0.1, 0.15) is 0 Å². The standard InChI is InChI=1S/C10H6Cl3NO2S/c11-10(12,13)17(15,16)9-3-1-2-7-6-14-5-4-8(7)9/h1-6H. The van der Waals surface area contributed by atoms with Gasteiger partial charge in [-0.15, -0.1) is 0 Å². The van der Waals surface area contributed by atoms with Gasteiger partial charge in [-0.25, -0.2) is 8.42 Å². The van der Waals surface area contributed by atoms with Crippen molar-refractivity contribution >= 4 is 55.4 Å². The number of nitrogens with zero attached hydrogens (tertiary/aromatic N) is 1. The SMILES string of the molecule is O=S(=O)(c1cccc2cnccc12)C(Cl)(Cl)Cl. The molecule has 0 radical (unpaired) electrons. The Morgan fingerprint density at radius 1 is 1.12 bits per heavy atom. The summed E-state index contributed by atoms with van der Waals surface area (Å²) >= 11 is 16.5. The highest BCUT2D eigenvalue weighted by atomic mass is 35.6. The van der Waals surface area contributed by atoms with Crippen LogP contribution in [0.4, 0.5) is 0 Å². The van der Waals surface area contributed by atoms with Crippen LogP contribution in [0.15, 0.2) is 41.6 Å². The first-order chi connectivity index (χ1) is 7.84. The molecule has 0 aliphatic heterocycles. The molecule has 0 saturated heterocycles. The monoisotopic (exact) mass is 309 g/mol. The molecule has 0 spiro atoms. The van der Waals surface area contributed by atoms with Crippen molar-refractivity contribution in [3.8, 4) is 0 Å². The summed E-state index contributed by atoms with van der Waals surface area (Å²) in [7, 11) is -4.03. The van der Waals surface area contributed by atoms with Crippen LogP contribution in [0, 0.1) is 0 Å². The number of fused-ring (bicyclic) bond motifs is 1. The van der Waals surface area contributed by atoms with E-state index in [1.54, 1.807) is 24.4 Å². The van der Waals surface area contributed by atoms with Gasteiger partial charge in [0.2, 0.25) is 9.84 Å². The average molecular weight is 311 g/mol. The zero-order chi connectivity index (χ0) is 12.7. The van der Waals surface area contributed by atoms with E-state index < -0.39 is 13.0 Å². The van der Waals surface area contributed by atoms with E-state index >= 15 is 0 Å². The van der Waals surface area contributed by atoms with Crippen molar-refractivity contribution in [1.29, 1.82) is 0 Å². The van der Waals surface area contributed by atoms with Gasteiger partial charge in [-0.3, -0.25) is 4.98 Å². The fourth-order valence-electron chi connectivity index (χ4n) is 1.45. The van der Waals surface area contributed by atoms with Gasteiger partial charge in [-0.05, 0) is 12.1 Å². The van der Waals surface area contributed by atoms with Crippen molar-refractivity contribution in [1.82, 2.24) is 4.98 Å². The third-order valence-electron chi connectivity index (χ3n) is 2.23. The lowest BCUT2D eigenvalue weighted by Crippen LogP contribution is -2.19. The third-order valence-corrected chi connectivity index (χ3v) is 5.61. The maximum absolute atomic E-state index is 12.1. The second kappa shape index (κ2) is 4.28. The van der Waals surface area contributed by atoms with Crippen molar-refractivity contribution < 1.29 is 8.42 Å². The zero-order valence-corrected chi connectivity index (χ0v) is 11.4. The molecule has 7 heteroatoms. The Bertz CT molecular complexity index is 659. The van der Waals surface area contributed by atoms with Crippen molar-refractivity contribution in [2.75, 3.05) is 0 Å². The minimum atomic E-state index is -4.03. The summed E-state index contributed by atoms with van der Waals surface area (Å²) in [5, 5.41) is 1.15. The predicted molar refractivity (Wildman–Crippen MR) is 69.2 cm³/mol. The third kappa shape index (κ3) is 2.22. The van der Waals surface area contributed by atoms with Crippen LogP contribution in [-0.4, -0.2) is 16.5 Å². The summed E-state index contributed by atoms with van der Waals surface area (Å²) in [5.41, 5.74) is 0. The normalized spacial score (nSPS) is 12.9. The Morgan fingerprint density at radius 3 is 2.47 bits per heavy atom. The first kappa shape index (κ1) is 12.9. The van der Waals surface area contributed by atoms with Gasteiger partial charge in [0.25, 0.3) is 3.12 Å². The zero-order valence-electron chi connectivity index (χ0n) is 8.27. The molecule has 17 heavy (non-hydrogen) atoms. The minimum Gasteiger partial charge on any atom is -0.264 e. The van der Waals surface area contributed by atoms with E-state index in [0.717, 1.165) is 0 Å². The molecular formula is C10H6Cl3NO2S. The summed E-state index contributed by atoms with van der Waals surface area (Å²) in [6, 6.07) is 6.28. The van der Waals surface area contributed by atoms with Crippen LogP contribution < -0.4 is 0 Å². The molecule has 2 aromatic rings. The van der Waals surface area contributed by atoms with E-state index in [-0.39, 0.29) is 4.90 Å². The van der Waals surface area contributed by atoms with E-state index in [4.69, 9.17) is 34.8 Å². The maximum Gasteiger partial charge on any atom is 0.297 e. The Hall–Kier alpha value is -0.550. The molecule has 0 fully saturated rings. The molecule has 0 unspecified atom stereocenters. The van der Waals surface area contributed by atoms with Crippen molar-refractivity contribution in [3.05, 3.63) is 36.7 Å². The lowest BCUT2D eigenvalue weighted by molar-refractivity contribution is 0.597. The number of aromatic nitrogens is 1. The first-order valence-corrected chi connectivity index (χ1v) is 7.10. The molecule has 0 bridgehead atoms. The van der Waals surface area contributed by atoms with Gasteiger partial charge in [0.1, 0.15) is 0 Å². The summed E-state index contributed by atoms with van der Waals surface area (Å²) in [4.78, 5) is 3.89. The number of sulfone groups is 1. The summed E-state index contributed by atoms with van der Waals surface area (Å²) in [6.07, 6.45) is 3.03. The van der Waals surface area contributed by atoms with Gasteiger partial charge in [0.05, 0.1) is 4.90 Å². The number of hydrogen-bond donors (Lipinski definition) is 0. The molecule has 0 N–H and O–H groups in total. The number of alkyl halides is 3. The molecule has 3 nitrogen and oxygen atoms in total. The number of halogens is 3. The fourth-order valence-corrected chi connectivity index (χ4v) is 3.18. The molecule has 0 aliphatic carbocycles. The molecular weight excluding hydrogens is 305 g/mol. The van der Waals surface area contributed by atoms with Crippen LogP contribution in [0.25, 0.3) is 10.8 Å². The Labute approximate surface area is 113 Å². The molecule has 0 aliphatic rings. The van der Waals surface area contributed by atoms with Crippen LogP contribution in [0.5, 0.6) is 0 Å². The lowest BCUT2D eigenvalue weighted by atomic mass is 10.2. The Morgan fingerprint density at radius 2 is 1.82 bits per heavy atom. The Balaban J connectivity index is 2.82. The van der Waals surface area contributed by atoms with E-state index in [2.05, 4.69) is 4.98 Å². The van der Waals surface area contributed by atoms with E-state index in [1.165, 1.54) is 12.3 Å². The highest BCUT2D eigenvalue weighted by molar-refractivity contribution is 7.97. The summed E-state index contributed by atoms with van der Waals surface area (Å²) < 4.78 is 21.7. The van der Waals surface area contributed by atoms with Gasteiger partial charge >= 0.3 is 0 Å². The maximum atomic E-state index is 12.1. The average Bonchev–Trinajstić information content (AvgIpc) is 2.26. The van der Waals surface area contributed by atoms with Gasteiger partial charge in [-0.2, -0.15) is 0 Å². The smallest absolute Gasteiger partial charge is 0.264 e. The van der Waals surface area contributed by atoms with Gasteiger partial charge < -0.3 is 0 Å². The molecule has 2 rings (SSSR count). The number of benzene rings is 1. The second-order valence-corrected chi connectivity index (χ2v) is 8.31. The predicted octanol–water partition coefficient (Wildman–Crippen LogP) is 3.34. The fraction of sp³-hybridized carbons (Fsp3) is 0.100. The lowest BCUT2D eigenvalue weighted by Gasteiger charge is -2.13. The van der Waals surface area contributed by atoms with E-state index in [9.17, 15) is 8.42 Å². The van der Waals surface area contributed by atoms with Crippen molar-refractivity contribution in [3.63, 3.8) is 0 Å². The molecule has 0 atom stereocenters. The highest BCUT2D eigenvalue weighted by Crippen LogP contribution is 2.39. The minimum absolute atomic E-state index is 0.0163. The van der Waals surface area contributed by atoms with Crippen molar-refractivity contribution in [2.24, 2.45) is 0 Å². The molecule has 1 heterocycles. The van der Waals surface area contributed by atoms with Gasteiger partial charge in [-0.1, -0.05) is 46.9 Å². The first-order valence-electron chi connectivity index (χ1n) is 4.48. The number of hydrogen-bond acceptors (Lipinski definition) is 3. The Kier molecular flexibility index (Phi) is 3.25. The largest absolute Gasteiger partial charge is 0.297 e. The molecule has 0 amide bonds. The highest BCUT2D eigenvalue weighted by Gasteiger charge is 2.40. The van der Waals surface area contributed by atoms with Crippen LogP contribution in [-0.2, 0) is 9.84 Å². The summed E-state index contributed by atoms with van der Waals surface area (Å²) in [5.74, 6) is 0. The van der Waals surface area contributed by atoms with Crippen LogP contribution in [0.3, 0.4) is 0 Å². The van der Waals surface area contributed by atoms with Crippen LogP contribution >= 0.6 is 34.8 Å². The number of pyridine rings is 1. The second-order valence-electron chi connectivity index (χ2n) is 3.30. The molecule has 90 valence electrons. The quantitative estimate of drug-likeness (QED) is 0.759.